The summed E-state index contributed by atoms with van der Waals surface area (Å²) in [6.45, 7) is 0. The van der Waals surface area contributed by atoms with Gasteiger partial charge in [-0.25, -0.2) is 9.48 Å². The summed E-state index contributed by atoms with van der Waals surface area (Å²) in [5.74, 6) is -0.524. The zero-order chi connectivity index (χ0) is 13.1. The second-order valence-electron chi connectivity index (χ2n) is 3.41. The number of methoxy groups -OCH3 is 1. The Morgan fingerprint density at radius 2 is 2.17 bits per heavy atom. The minimum Gasteiger partial charge on any atom is -0.465 e. The van der Waals surface area contributed by atoms with E-state index in [4.69, 9.17) is 0 Å². The molecule has 1 aromatic carbocycles. The van der Waals surface area contributed by atoms with E-state index in [0.29, 0.717) is 5.69 Å². The van der Waals surface area contributed by atoms with Crippen LogP contribution in [-0.4, -0.2) is 27.8 Å². The predicted octanol–water partition coefficient (Wildman–Crippen LogP) is 1.57. The van der Waals surface area contributed by atoms with Crippen molar-refractivity contribution >= 4 is 11.7 Å². The summed E-state index contributed by atoms with van der Waals surface area (Å²) < 4.78 is 5.91. The first-order chi connectivity index (χ1) is 8.63. The van der Waals surface area contributed by atoms with Gasteiger partial charge in [-0.3, -0.25) is 10.1 Å². The van der Waals surface area contributed by atoms with Crippen molar-refractivity contribution in [3.8, 4) is 5.69 Å². The highest BCUT2D eigenvalue weighted by Crippen LogP contribution is 2.17. The van der Waals surface area contributed by atoms with E-state index in [1.807, 2.05) is 0 Å². The SMILES string of the molecule is COC(=O)c1ccccc1-n1cc([N+](=O)[O-])cn1. The van der Waals surface area contributed by atoms with E-state index in [0.717, 1.165) is 6.20 Å². The van der Waals surface area contributed by atoms with Gasteiger partial charge in [0.05, 0.1) is 23.3 Å². The monoisotopic (exact) mass is 247 g/mol. The summed E-state index contributed by atoms with van der Waals surface area (Å²) in [6.07, 6.45) is 2.36. The Labute approximate surface area is 102 Å². The molecule has 0 fully saturated rings. The number of hydrogen-bond acceptors (Lipinski definition) is 5. The molecule has 2 rings (SSSR count). The summed E-state index contributed by atoms with van der Waals surface area (Å²) in [5, 5.41) is 14.4. The van der Waals surface area contributed by atoms with Gasteiger partial charge in [-0.05, 0) is 12.1 Å². The molecule has 0 aliphatic rings. The average molecular weight is 247 g/mol. The standard InChI is InChI=1S/C11H9N3O4/c1-18-11(15)9-4-2-3-5-10(9)13-7-8(6-12-13)14(16)17/h2-7H,1H3. The Morgan fingerprint density at radius 3 is 2.78 bits per heavy atom. The average Bonchev–Trinajstić information content (AvgIpc) is 2.87. The van der Waals surface area contributed by atoms with Crippen LogP contribution in [0, 0.1) is 10.1 Å². The van der Waals surface area contributed by atoms with Gasteiger partial charge in [-0.1, -0.05) is 12.1 Å². The van der Waals surface area contributed by atoms with Gasteiger partial charge < -0.3 is 4.74 Å². The molecule has 0 saturated carbocycles. The highest BCUT2D eigenvalue weighted by molar-refractivity contribution is 5.93. The molecule has 0 spiro atoms. The van der Waals surface area contributed by atoms with Crippen LogP contribution in [0.4, 0.5) is 5.69 Å². The lowest BCUT2D eigenvalue weighted by Crippen LogP contribution is -2.07. The number of carbonyl (C=O) groups excluding carboxylic acids is 1. The normalized spacial score (nSPS) is 10.1. The maximum Gasteiger partial charge on any atom is 0.340 e. The van der Waals surface area contributed by atoms with E-state index in [1.165, 1.54) is 18.0 Å². The molecule has 18 heavy (non-hydrogen) atoms. The molecule has 0 N–H and O–H groups in total. The third-order valence-electron chi connectivity index (χ3n) is 2.34. The summed E-state index contributed by atoms with van der Waals surface area (Å²) in [6, 6.07) is 6.57. The number of benzene rings is 1. The van der Waals surface area contributed by atoms with Gasteiger partial charge in [-0.2, -0.15) is 5.10 Å². The number of hydrogen-bond donors (Lipinski definition) is 0. The van der Waals surface area contributed by atoms with Crippen LogP contribution in [0.25, 0.3) is 5.69 Å². The molecular weight excluding hydrogens is 238 g/mol. The number of esters is 1. The number of ether oxygens (including phenoxy) is 1. The molecule has 0 atom stereocenters. The Kier molecular flexibility index (Phi) is 3.05. The molecular formula is C11H9N3O4. The molecule has 0 amide bonds. The van der Waals surface area contributed by atoms with Crippen molar-refractivity contribution in [1.29, 1.82) is 0 Å². The summed E-state index contributed by atoms with van der Waals surface area (Å²) in [5.41, 5.74) is 0.574. The Morgan fingerprint density at radius 1 is 1.44 bits per heavy atom. The van der Waals surface area contributed by atoms with E-state index in [2.05, 4.69) is 9.84 Å². The zero-order valence-corrected chi connectivity index (χ0v) is 9.44. The van der Waals surface area contributed by atoms with E-state index in [1.54, 1.807) is 24.3 Å². The van der Waals surface area contributed by atoms with Gasteiger partial charge in [0.1, 0.15) is 12.4 Å². The van der Waals surface area contributed by atoms with Crippen molar-refractivity contribution < 1.29 is 14.5 Å². The molecule has 1 aromatic heterocycles. The lowest BCUT2D eigenvalue weighted by molar-refractivity contribution is -0.384. The zero-order valence-electron chi connectivity index (χ0n) is 9.44. The molecule has 0 unspecified atom stereocenters. The van der Waals surface area contributed by atoms with Gasteiger partial charge in [-0.15, -0.1) is 0 Å². The van der Waals surface area contributed by atoms with Crippen molar-refractivity contribution in [1.82, 2.24) is 9.78 Å². The van der Waals surface area contributed by atoms with Gasteiger partial charge in [0.15, 0.2) is 0 Å². The molecule has 1 heterocycles. The van der Waals surface area contributed by atoms with Crippen molar-refractivity contribution in [3.05, 3.63) is 52.3 Å². The lowest BCUT2D eigenvalue weighted by atomic mass is 10.2. The fourth-order valence-corrected chi connectivity index (χ4v) is 1.50. The molecule has 0 aliphatic heterocycles. The smallest absolute Gasteiger partial charge is 0.340 e. The topological polar surface area (TPSA) is 87.3 Å². The maximum absolute atomic E-state index is 11.6. The van der Waals surface area contributed by atoms with Crippen molar-refractivity contribution in [2.24, 2.45) is 0 Å². The summed E-state index contributed by atoms with van der Waals surface area (Å²) in [7, 11) is 1.27. The third-order valence-corrected chi connectivity index (χ3v) is 2.34. The van der Waals surface area contributed by atoms with Crippen LogP contribution in [0.15, 0.2) is 36.7 Å². The van der Waals surface area contributed by atoms with E-state index in [-0.39, 0.29) is 11.3 Å². The second-order valence-corrected chi connectivity index (χ2v) is 3.41. The number of nitrogens with zero attached hydrogens (tertiary/aromatic N) is 3. The summed E-state index contributed by atoms with van der Waals surface area (Å²) >= 11 is 0. The van der Waals surface area contributed by atoms with Crippen molar-refractivity contribution in [3.63, 3.8) is 0 Å². The Hall–Kier alpha value is -2.70. The first kappa shape index (κ1) is 11.8. The number of nitro groups is 1. The predicted molar refractivity (Wildman–Crippen MR) is 61.6 cm³/mol. The third kappa shape index (κ3) is 2.05. The van der Waals surface area contributed by atoms with Crippen LogP contribution in [-0.2, 0) is 4.74 Å². The van der Waals surface area contributed by atoms with Crippen LogP contribution in [0.2, 0.25) is 0 Å². The Balaban J connectivity index is 2.49. The maximum atomic E-state index is 11.6. The Bertz CT molecular complexity index is 606. The van der Waals surface area contributed by atoms with E-state index < -0.39 is 10.9 Å². The lowest BCUT2D eigenvalue weighted by Gasteiger charge is -2.06. The second kappa shape index (κ2) is 4.66. The van der Waals surface area contributed by atoms with Gasteiger partial charge in [0.25, 0.3) is 0 Å². The molecule has 0 bridgehead atoms. The number of rotatable bonds is 3. The molecule has 7 heteroatoms. The number of para-hydroxylation sites is 1. The van der Waals surface area contributed by atoms with Gasteiger partial charge >= 0.3 is 11.7 Å². The fraction of sp³-hybridized carbons (Fsp3) is 0.0909. The van der Waals surface area contributed by atoms with Crippen LogP contribution in [0.1, 0.15) is 10.4 Å². The molecule has 7 nitrogen and oxygen atoms in total. The fourth-order valence-electron chi connectivity index (χ4n) is 1.50. The van der Waals surface area contributed by atoms with Gasteiger partial charge in [0.2, 0.25) is 0 Å². The molecule has 92 valence electrons. The quantitative estimate of drug-likeness (QED) is 0.466. The van der Waals surface area contributed by atoms with Gasteiger partial charge in [0, 0.05) is 0 Å². The first-order valence-electron chi connectivity index (χ1n) is 5.00. The van der Waals surface area contributed by atoms with Crippen LogP contribution >= 0.6 is 0 Å². The minimum absolute atomic E-state index is 0.144. The van der Waals surface area contributed by atoms with E-state index >= 15 is 0 Å². The number of aromatic nitrogens is 2. The van der Waals surface area contributed by atoms with Crippen LogP contribution in [0.5, 0.6) is 0 Å². The molecule has 0 radical (unpaired) electrons. The minimum atomic E-state index is -0.551. The van der Waals surface area contributed by atoms with Crippen molar-refractivity contribution in [2.45, 2.75) is 0 Å². The highest BCUT2D eigenvalue weighted by Gasteiger charge is 2.16. The van der Waals surface area contributed by atoms with Crippen molar-refractivity contribution in [2.75, 3.05) is 7.11 Å². The largest absolute Gasteiger partial charge is 0.465 e. The molecule has 0 aliphatic carbocycles. The summed E-state index contributed by atoms with van der Waals surface area (Å²) in [4.78, 5) is 21.6. The first-order valence-corrected chi connectivity index (χ1v) is 5.00. The van der Waals surface area contributed by atoms with Crippen LogP contribution in [0.3, 0.4) is 0 Å². The highest BCUT2D eigenvalue weighted by atomic mass is 16.6. The molecule has 0 saturated heterocycles. The molecule has 2 aromatic rings. The number of carbonyl (C=O) groups is 1. The van der Waals surface area contributed by atoms with Crippen LogP contribution < -0.4 is 0 Å². The van der Waals surface area contributed by atoms with E-state index in [9.17, 15) is 14.9 Å².